The highest BCUT2D eigenvalue weighted by Gasteiger charge is 2.09. The van der Waals surface area contributed by atoms with Crippen LogP contribution in [-0.2, 0) is 4.79 Å². The molecule has 18 heavy (non-hydrogen) atoms. The highest BCUT2D eigenvalue weighted by atomic mass is 16.1. The molecule has 3 N–H and O–H groups in total. The minimum Gasteiger partial charge on any atom is -0.350 e. The standard InChI is InChI=1S/C15H24N2O/c1-11-6-4-8-14(10-11)13(3)17-15(18)9-5-7-12(2)16/h4,6,8,10,12-13H,5,7,9,16H2,1-3H3,(H,17,18)/t12?,13-/m1/s1. The third-order valence-corrected chi connectivity index (χ3v) is 2.98. The molecule has 0 aromatic heterocycles. The number of amides is 1. The maximum atomic E-state index is 11.7. The van der Waals surface area contributed by atoms with E-state index in [1.54, 1.807) is 0 Å². The topological polar surface area (TPSA) is 55.1 Å². The van der Waals surface area contributed by atoms with Gasteiger partial charge in [0.1, 0.15) is 0 Å². The zero-order chi connectivity index (χ0) is 13.5. The number of hydrogen-bond acceptors (Lipinski definition) is 2. The van der Waals surface area contributed by atoms with Gasteiger partial charge in [-0.25, -0.2) is 0 Å². The van der Waals surface area contributed by atoms with Gasteiger partial charge in [0.15, 0.2) is 0 Å². The fourth-order valence-electron chi connectivity index (χ4n) is 1.92. The van der Waals surface area contributed by atoms with Crippen molar-refractivity contribution in [3.05, 3.63) is 35.4 Å². The second-order valence-electron chi connectivity index (χ2n) is 5.07. The molecule has 0 bridgehead atoms. The van der Waals surface area contributed by atoms with Crippen molar-refractivity contribution in [1.82, 2.24) is 5.32 Å². The fourth-order valence-corrected chi connectivity index (χ4v) is 1.92. The molecular weight excluding hydrogens is 224 g/mol. The summed E-state index contributed by atoms with van der Waals surface area (Å²) in [5.41, 5.74) is 8.02. The van der Waals surface area contributed by atoms with Gasteiger partial charge < -0.3 is 11.1 Å². The molecule has 0 heterocycles. The number of nitrogens with one attached hydrogen (secondary N) is 1. The van der Waals surface area contributed by atoms with E-state index in [9.17, 15) is 4.79 Å². The van der Waals surface area contributed by atoms with E-state index in [2.05, 4.69) is 24.4 Å². The molecule has 1 aromatic carbocycles. The van der Waals surface area contributed by atoms with Gasteiger partial charge in [0, 0.05) is 12.5 Å². The first-order valence-electron chi connectivity index (χ1n) is 6.60. The third-order valence-electron chi connectivity index (χ3n) is 2.98. The van der Waals surface area contributed by atoms with Crippen molar-refractivity contribution in [2.75, 3.05) is 0 Å². The number of hydrogen-bond donors (Lipinski definition) is 2. The molecule has 2 atom stereocenters. The molecular formula is C15H24N2O. The van der Waals surface area contributed by atoms with E-state index >= 15 is 0 Å². The number of carbonyl (C=O) groups is 1. The number of rotatable bonds is 6. The third kappa shape index (κ3) is 5.32. The lowest BCUT2D eigenvalue weighted by Gasteiger charge is -2.15. The van der Waals surface area contributed by atoms with Crippen LogP contribution in [0, 0.1) is 6.92 Å². The Morgan fingerprint density at radius 1 is 1.39 bits per heavy atom. The highest BCUT2D eigenvalue weighted by Crippen LogP contribution is 2.14. The maximum absolute atomic E-state index is 11.7. The first-order valence-corrected chi connectivity index (χ1v) is 6.60. The Balaban J connectivity index is 2.40. The molecule has 0 aliphatic heterocycles. The lowest BCUT2D eigenvalue weighted by atomic mass is 10.1. The largest absolute Gasteiger partial charge is 0.350 e. The Labute approximate surface area is 110 Å². The van der Waals surface area contributed by atoms with Crippen LogP contribution in [0.2, 0.25) is 0 Å². The van der Waals surface area contributed by atoms with Crippen LogP contribution in [0.1, 0.15) is 50.3 Å². The zero-order valence-corrected chi connectivity index (χ0v) is 11.6. The van der Waals surface area contributed by atoms with Crippen LogP contribution in [0.15, 0.2) is 24.3 Å². The Morgan fingerprint density at radius 2 is 2.11 bits per heavy atom. The average molecular weight is 248 g/mol. The van der Waals surface area contributed by atoms with Crippen molar-refractivity contribution in [2.24, 2.45) is 5.73 Å². The smallest absolute Gasteiger partial charge is 0.220 e. The van der Waals surface area contributed by atoms with Crippen LogP contribution in [-0.4, -0.2) is 11.9 Å². The Morgan fingerprint density at radius 3 is 2.72 bits per heavy atom. The summed E-state index contributed by atoms with van der Waals surface area (Å²) in [4.78, 5) is 11.7. The molecule has 0 aliphatic rings. The quantitative estimate of drug-likeness (QED) is 0.813. The fraction of sp³-hybridized carbons (Fsp3) is 0.533. The minimum absolute atomic E-state index is 0.0627. The molecule has 0 aliphatic carbocycles. The Bertz CT molecular complexity index is 388. The van der Waals surface area contributed by atoms with E-state index < -0.39 is 0 Å². The van der Waals surface area contributed by atoms with E-state index in [0.717, 1.165) is 18.4 Å². The van der Waals surface area contributed by atoms with E-state index in [0.29, 0.717) is 6.42 Å². The van der Waals surface area contributed by atoms with Crippen molar-refractivity contribution in [2.45, 2.75) is 52.1 Å². The van der Waals surface area contributed by atoms with Crippen LogP contribution in [0.3, 0.4) is 0 Å². The summed E-state index contributed by atoms with van der Waals surface area (Å²) in [6.07, 6.45) is 2.30. The van der Waals surface area contributed by atoms with Gasteiger partial charge in [-0.3, -0.25) is 4.79 Å². The van der Waals surface area contributed by atoms with Gasteiger partial charge in [-0.05, 0) is 39.2 Å². The van der Waals surface area contributed by atoms with E-state index in [1.807, 2.05) is 26.0 Å². The molecule has 0 saturated carbocycles. The second kappa shape index (κ2) is 7.17. The molecule has 1 rings (SSSR count). The van der Waals surface area contributed by atoms with Gasteiger partial charge in [0.05, 0.1) is 6.04 Å². The lowest BCUT2D eigenvalue weighted by Crippen LogP contribution is -2.26. The van der Waals surface area contributed by atoms with Crippen molar-refractivity contribution in [1.29, 1.82) is 0 Å². The van der Waals surface area contributed by atoms with Crippen LogP contribution >= 0.6 is 0 Å². The van der Waals surface area contributed by atoms with Gasteiger partial charge in [0.2, 0.25) is 5.91 Å². The normalized spacial score (nSPS) is 14.0. The van der Waals surface area contributed by atoms with Crippen molar-refractivity contribution in [3.8, 4) is 0 Å². The first kappa shape index (κ1) is 14.7. The van der Waals surface area contributed by atoms with Gasteiger partial charge in [-0.15, -0.1) is 0 Å². The molecule has 1 aromatic rings. The van der Waals surface area contributed by atoms with Crippen LogP contribution in [0.25, 0.3) is 0 Å². The summed E-state index contributed by atoms with van der Waals surface area (Å²) < 4.78 is 0. The highest BCUT2D eigenvalue weighted by molar-refractivity contribution is 5.76. The van der Waals surface area contributed by atoms with E-state index in [1.165, 1.54) is 5.56 Å². The monoisotopic (exact) mass is 248 g/mol. The summed E-state index contributed by atoms with van der Waals surface area (Å²) in [5.74, 6) is 0.102. The van der Waals surface area contributed by atoms with Crippen LogP contribution in [0.4, 0.5) is 0 Å². The average Bonchev–Trinajstić information content (AvgIpc) is 2.28. The Kier molecular flexibility index (Phi) is 5.86. The van der Waals surface area contributed by atoms with E-state index in [-0.39, 0.29) is 18.0 Å². The summed E-state index contributed by atoms with van der Waals surface area (Å²) in [6, 6.07) is 8.45. The van der Waals surface area contributed by atoms with Gasteiger partial charge >= 0.3 is 0 Å². The number of carbonyl (C=O) groups excluding carboxylic acids is 1. The minimum atomic E-state index is 0.0627. The number of aryl methyl sites for hydroxylation is 1. The lowest BCUT2D eigenvalue weighted by molar-refractivity contribution is -0.121. The van der Waals surface area contributed by atoms with Crippen molar-refractivity contribution >= 4 is 5.91 Å². The molecule has 100 valence electrons. The molecule has 0 radical (unpaired) electrons. The SMILES string of the molecule is Cc1cccc([C@@H](C)NC(=O)CCCC(C)N)c1. The van der Waals surface area contributed by atoms with Crippen LogP contribution < -0.4 is 11.1 Å². The maximum Gasteiger partial charge on any atom is 0.220 e. The van der Waals surface area contributed by atoms with Gasteiger partial charge in [-0.1, -0.05) is 29.8 Å². The molecule has 0 spiro atoms. The van der Waals surface area contributed by atoms with E-state index in [4.69, 9.17) is 5.73 Å². The van der Waals surface area contributed by atoms with Crippen molar-refractivity contribution < 1.29 is 4.79 Å². The predicted molar refractivity (Wildman–Crippen MR) is 75.2 cm³/mol. The summed E-state index contributed by atoms with van der Waals surface area (Å²) in [7, 11) is 0. The molecule has 0 saturated heterocycles. The summed E-state index contributed by atoms with van der Waals surface area (Å²) in [6.45, 7) is 6.03. The van der Waals surface area contributed by atoms with Gasteiger partial charge in [-0.2, -0.15) is 0 Å². The Hall–Kier alpha value is -1.35. The van der Waals surface area contributed by atoms with Crippen molar-refractivity contribution in [3.63, 3.8) is 0 Å². The second-order valence-corrected chi connectivity index (χ2v) is 5.07. The summed E-state index contributed by atoms with van der Waals surface area (Å²) >= 11 is 0. The number of benzene rings is 1. The zero-order valence-electron chi connectivity index (χ0n) is 11.6. The van der Waals surface area contributed by atoms with Gasteiger partial charge in [0.25, 0.3) is 0 Å². The van der Waals surface area contributed by atoms with Crippen LogP contribution in [0.5, 0.6) is 0 Å². The molecule has 3 heteroatoms. The first-order chi connectivity index (χ1) is 8.49. The predicted octanol–water partition coefficient (Wildman–Crippen LogP) is 2.69. The molecule has 3 nitrogen and oxygen atoms in total. The summed E-state index contributed by atoms with van der Waals surface area (Å²) in [5, 5.41) is 3.02. The number of nitrogens with two attached hydrogens (primary N) is 1. The molecule has 0 fully saturated rings. The molecule has 1 amide bonds. The molecule has 1 unspecified atom stereocenters.